The number of nitrogens with zero attached hydrogens (tertiary/aromatic N) is 2. The van der Waals surface area contributed by atoms with Crippen molar-refractivity contribution in [2.75, 3.05) is 6.61 Å². The Kier molecular flexibility index (Phi) is 4.38. The van der Waals surface area contributed by atoms with Crippen LogP contribution in [0, 0.1) is 33.2 Å². The number of ether oxygens (including phenoxy) is 1. The zero-order valence-corrected chi connectivity index (χ0v) is 11.4. The molecule has 1 aromatic carbocycles. The van der Waals surface area contributed by atoms with Crippen LogP contribution in [-0.2, 0) is 0 Å². The summed E-state index contributed by atoms with van der Waals surface area (Å²) in [7, 11) is 0. The molecule has 2 N–H and O–H groups in total. The van der Waals surface area contributed by atoms with Crippen molar-refractivity contribution >= 4 is 5.69 Å². The lowest BCUT2D eigenvalue weighted by atomic mass is 9.87. The van der Waals surface area contributed by atoms with E-state index in [2.05, 4.69) is 6.07 Å². The van der Waals surface area contributed by atoms with Crippen LogP contribution in [0.2, 0.25) is 0 Å². The second kappa shape index (κ2) is 6.06. The van der Waals surface area contributed by atoms with E-state index in [0.29, 0.717) is 19.4 Å². The van der Waals surface area contributed by atoms with Gasteiger partial charge in [0.25, 0.3) is 0 Å². The van der Waals surface area contributed by atoms with E-state index < -0.39 is 22.0 Å². The van der Waals surface area contributed by atoms with Gasteiger partial charge in [0.05, 0.1) is 17.6 Å². The van der Waals surface area contributed by atoms with Gasteiger partial charge in [-0.05, 0) is 31.2 Å². The lowest BCUT2D eigenvalue weighted by Crippen LogP contribution is -2.42. The van der Waals surface area contributed by atoms with Gasteiger partial charge in [0.15, 0.2) is 0 Å². The van der Waals surface area contributed by atoms with Crippen molar-refractivity contribution in [1.82, 2.24) is 0 Å². The number of nitro benzene ring substituents is 1. The summed E-state index contributed by atoms with van der Waals surface area (Å²) < 4.78 is 18.8. The maximum Gasteiger partial charge on any atom is 0.305 e. The molecule has 1 aliphatic rings. The summed E-state index contributed by atoms with van der Waals surface area (Å²) >= 11 is 0. The fourth-order valence-electron chi connectivity index (χ4n) is 2.70. The quantitative estimate of drug-likeness (QED) is 0.663. The monoisotopic (exact) mass is 293 g/mol. The van der Waals surface area contributed by atoms with Gasteiger partial charge in [-0.15, -0.1) is 0 Å². The van der Waals surface area contributed by atoms with Crippen LogP contribution in [0.5, 0.6) is 5.75 Å². The minimum atomic E-state index is -0.927. The molecule has 1 aliphatic carbocycles. The van der Waals surface area contributed by atoms with Crippen LogP contribution in [-0.4, -0.2) is 17.1 Å². The van der Waals surface area contributed by atoms with Gasteiger partial charge in [0.1, 0.15) is 11.3 Å². The number of benzene rings is 1. The molecule has 0 bridgehead atoms. The molecule has 6 nitrogen and oxygen atoms in total. The SMILES string of the molecule is N#CC1(N)CCCC1CCOc1ccc([N+](=O)[O-])c(F)c1. The van der Waals surface area contributed by atoms with Crippen molar-refractivity contribution in [3.63, 3.8) is 0 Å². The molecule has 0 aliphatic heterocycles. The maximum absolute atomic E-state index is 13.4. The Hall–Kier alpha value is -2.20. The highest BCUT2D eigenvalue weighted by Gasteiger charge is 2.39. The first kappa shape index (κ1) is 15.2. The van der Waals surface area contributed by atoms with Crippen molar-refractivity contribution < 1.29 is 14.1 Å². The molecule has 0 heterocycles. The highest BCUT2D eigenvalue weighted by Crippen LogP contribution is 2.35. The topological polar surface area (TPSA) is 102 Å². The molecular formula is C14H16FN3O3. The van der Waals surface area contributed by atoms with Crippen molar-refractivity contribution in [3.8, 4) is 11.8 Å². The Bertz CT molecular complexity index is 587. The number of hydrogen-bond donors (Lipinski definition) is 1. The zero-order valence-electron chi connectivity index (χ0n) is 11.4. The van der Waals surface area contributed by atoms with Crippen LogP contribution in [0.4, 0.5) is 10.1 Å². The van der Waals surface area contributed by atoms with E-state index in [4.69, 9.17) is 15.7 Å². The van der Waals surface area contributed by atoms with Crippen LogP contribution < -0.4 is 10.5 Å². The minimum absolute atomic E-state index is 0.0606. The normalized spacial score (nSPS) is 24.5. The van der Waals surface area contributed by atoms with Crippen molar-refractivity contribution in [3.05, 3.63) is 34.1 Å². The van der Waals surface area contributed by atoms with Crippen LogP contribution in [0.1, 0.15) is 25.7 Å². The second-order valence-electron chi connectivity index (χ2n) is 5.25. The Labute approximate surface area is 121 Å². The van der Waals surface area contributed by atoms with Crippen molar-refractivity contribution in [2.45, 2.75) is 31.2 Å². The molecule has 2 unspecified atom stereocenters. The standard InChI is InChI=1S/C14H16FN3O3/c15-12-8-11(3-4-13(12)18(19)20)21-7-5-10-2-1-6-14(10,17)9-16/h3-4,8,10H,1-2,5-7,17H2. The first-order valence-electron chi connectivity index (χ1n) is 6.73. The number of hydrogen-bond acceptors (Lipinski definition) is 5. The number of nitrogens with two attached hydrogens (primary N) is 1. The van der Waals surface area contributed by atoms with Gasteiger partial charge in [-0.3, -0.25) is 10.1 Å². The highest BCUT2D eigenvalue weighted by atomic mass is 19.1. The zero-order chi connectivity index (χ0) is 15.5. The Morgan fingerprint density at radius 1 is 1.62 bits per heavy atom. The van der Waals surface area contributed by atoms with Gasteiger partial charge in [-0.25, -0.2) is 0 Å². The van der Waals surface area contributed by atoms with E-state index >= 15 is 0 Å². The van der Waals surface area contributed by atoms with Crippen LogP contribution >= 0.6 is 0 Å². The summed E-state index contributed by atoms with van der Waals surface area (Å²) in [6.07, 6.45) is 3.08. The molecule has 112 valence electrons. The third-order valence-electron chi connectivity index (χ3n) is 3.93. The van der Waals surface area contributed by atoms with Gasteiger partial charge < -0.3 is 10.5 Å². The molecule has 0 radical (unpaired) electrons. The number of nitriles is 1. The Morgan fingerprint density at radius 2 is 2.38 bits per heavy atom. The van der Waals surface area contributed by atoms with E-state index in [0.717, 1.165) is 25.0 Å². The molecule has 1 saturated carbocycles. The van der Waals surface area contributed by atoms with E-state index in [1.165, 1.54) is 6.07 Å². The first-order valence-corrected chi connectivity index (χ1v) is 6.73. The van der Waals surface area contributed by atoms with Crippen molar-refractivity contribution in [2.24, 2.45) is 11.7 Å². The number of rotatable bonds is 5. The van der Waals surface area contributed by atoms with E-state index in [-0.39, 0.29) is 11.7 Å². The van der Waals surface area contributed by atoms with Gasteiger partial charge in [0, 0.05) is 12.1 Å². The first-order chi connectivity index (χ1) is 9.96. The third kappa shape index (κ3) is 3.28. The summed E-state index contributed by atoms with van der Waals surface area (Å²) in [6.45, 7) is 0.294. The molecule has 21 heavy (non-hydrogen) atoms. The Balaban J connectivity index is 1.91. The van der Waals surface area contributed by atoms with Crippen LogP contribution in [0.25, 0.3) is 0 Å². The lowest BCUT2D eigenvalue weighted by molar-refractivity contribution is -0.387. The highest BCUT2D eigenvalue weighted by molar-refractivity contribution is 5.37. The van der Waals surface area contributed by atoms with Gasteiger partial charge in [-0.1, -0.05) is 6.42 Å². The predicted octanol–water partition coefficient (Wildman–Crippen LogP) is 2.52. The summed E-state index contributed by atoms with van der Waals surface area (Å²) in [5.41, 5.74) is 4.63. The fraction of sp³-hybridized carbons (Fsp3) is 0.500. The molecule has 1 fully saturated rings. The third-order valence-corrected chi connectivity index (χ3v) is 3.93. The molecule has 0 amide bonds. The fourth-order valence-corrected chi connectivity index (χ4v) is 2.70. The number of nitro groups is 1. The van der Waals surface area contributed by atoms with E-state index in [1.54, 1.807) is 0 Å². The summed E-state index contributed by atoms with van der Waals surface area (Å²) in [5.74, 6) is -0.635. The summed E-state index contributed by atoms with van der Waals surface area (Å²) in [4.78, 5) is 9.72. The molecule has 0 saturated heterocycles. The van der Waals surface area contributed by atoms with E-state index in [1.807, 2.05) is 0 Å². The second-order valence-corrected chi connectivity index (χ2v) is 5.25. The van der Waals surface area contributed by atoms with Gasteiger partial charge in [-0.2, -0.15) is 9.65 Å². The van der Waals surface area contributed by atoms with Crippen molar-refractivity contribution in [1.29, 1.82) is 5.26 Å². The van der Waals surface area contributed by atoms with Gasteiger partial charge >= 0.3 is 5.69 Å². The molecule has 0 spiro atoms. The smallest absolute Gasteiger partial charge is 0.305 e. The predicted molar refractivity (Wildman–Crippen MR) is 73.0 cm³/mol. The average molecular weight is 293 g/mol. The van der Waals surface area contributed by atoms with Gasteiger partial charge in [0.2, 0.25) is 5.82 Å². The van der Waals surface area contributed by atoms with Crippen LogP contribution in [0.3, 0.4) is 0 Å². The molecule has 7 heteroatoms. The molecule has 2 rings (SSSR count). The molecule has 0 aromatic heterocycles. The molecule has 1 aromatic rings. The summed E-state index contributed by atoms with van der Waals surface area (Å²) in [6, 6.07) is 5.58. The maximum atomic E-state index is 13.4. The van der Waals surface area contributed by atoms with Crippen LogP contribution in [0.15, 0.2) is 18.2 Å². The van der Waals surface area contributed by atoms with E-state index in [9.17, 15) is 14.5 Å². The molecule has 2 atom stereocenters. The summed E-state index contributed by atoms with van der Waals surface area (Å²) in [5, 5.41) is 19.6. The Morgan fingerprint density at radius 3 is 3.00 bits per heavy atom. The molecular weight excluding hydrogens is 277 g/mol. The number of halogens is 1. The minimum Gasteiger partial charge on any atom is -0.493 e. The largest absolute Gasteiger partial charge is 0.493 e. The lowest BCUT2D eigenvalue weighted by Gasteiger charge is -2.23. The average Bonchev–Trinajstić information content (AvgIpc) is 2.81.